The summed E-state index contributed by atoms with van der Waals surface area (Å²) in [6.45, 7) is -0.0438. The van der Waals surface area contributed by atoms with Gasteiger partial charge in [-0.15, -0.1) is 0 Å². The Morgan fingerprint density at radius 2 is 1.90 bits per heavy atom. The van der Waals surface area contributed by atoms with E-state index in [1.54, 1.807) is 6.07 Å². The van der Waals surface area contributed by atoms with E-state index in [4.69, 9.17) is 4.74 Å². The first kappa shape index (κ1) is 13.1. The lowest BCUT2D eigenvalue weighted by molar-refractivity contribution is 0.282. The molecule has 1 aromatic heterocycles. The molecule has 20 heavy (non-hydrogen) atoms. The lowest BCUT2D eigenvalue weighted by atomic mass is 10.1. The lowest BCUT2D eigenvalue weighted by Gasteiger charge is -2.09. The van der Waals surface area contributed by atoms with Crippen molar-refractivity contribution in [3.63, 3.8) is 0 Å². The number of aliphatic hydroxyl groups is 1. The fourth-order valence-electron chi connectivity index (χ4n) is 2.05. The number of aliphatic hydroxyl groups excluding tert-OH is 1. The summed E-state index contributed by atoms with van der Waals surface area (Å²) in [7, 11) is 0. The quantitative estimate of drug-likeness (QED) is 0.779. The molecular weight excluding hydrogens is 318 g/mol. The number of nitrogens with zero attached hydrogens (tertiary/aromatic N) is 1. The first-order chi connectivity index (χ1) is 9.76. The Morgan fingerprint density at radius 3 is 2.70 bits per heavy atom. The molecule has 4 heteroatoms. The van der Waals surface area contributed by atoms with Crippen molar-refractivity contribution >= 4 is 26.8 Å². The summed E-state index contributed by atoms with van der Waals surface area (Å²) in [5, 5.41) is 10.4. The SMILES string of the molecule is OCc1cc(Oc2cccc(Br)c2)nc2ccccc12. The largest absolute Gasteiger partial charge is 0.439 e. The summed E-state index contributed by atoms with van der Waals surface area (Å²) in [4.78, 5) is 4.46. The highest BCUT2D eigenvalue weighted by atomic mass is 79.9. The Balaban J connectivity index is 2.03. The molecule has 0 aliphatic carbocycles. The second-order valence-electron chi connectivity index (χ2n) is 4.35. The van der Waals surface area contributed by atoms with Crippen molar-refractivity contribution in [1.29, 1.82) is 0 Å². The van der Waals surface area contributed by atoms with Crippen molar-refractivity contribution in [2.24, 2.45) is 0 Å². The third-order valence-corrected chi connectivity index (χ3v) is 3.46. The molecule has 2 aromatic carbocycles. The highest BCUT2D eigenvalue weighted by Gasteiger charge is 2.06. The Labute approximate surface area is 125 Å². The minimum Gasteiger partial charge on any atom is -0.439 e. The first-order valence-electron chi connectivity index (χ1n) is 6.19. The Kier molecular flexibility index (Phi) is 3.67. The van der Waals surface area contributed by atoms with Crippen LogP contribution >= 0.6 is 15.9 Å². The monoisotopic (exact) mass is 329 g/mol. The molecule has 0 saturated heterocycles. The van der Waals surface area contributed by atoms with Gasteiger partial charge in [-0.1, -0.05) is 40.2 Å². The van der Waals surface area contributed by atoms with Crippen molar-refractivity contribution < 1.29 is 9.84 Å². The molecule has 100 valence electrons. The number of hydrogen-bond donors (Lipinski definition) is 1. The highest BCUT2D eigenvalue weighted by molar-refractivity contribution is 9.10. The summed E-state index contributed by atoms with van der Waals surface area (Å²) in [5.74, 6) is 1.18. The van der Waals surface area contributed by atoms with E-state index in [1.807, 2.05) is 48.5 Å². The van der Waals surface area contributed by atoms with Crippen LogP contribution in [0.4, 0.5) is 0 Å². The molecule has 0 fully saturated rings. The number of aromatic nitrogens is 1. The molecule has 1 N–H and O–H groups in total. The van der Waals surface area contributed by atoms with Gasteiger partial charge in [-0.3, -0.25) is 0 Å². The third-order valence-electron chi connectivity index (χ3n) is 2.97. The van der Waals surface area contributed by atoms with Crippen LogP contribution in [0.15, 0.2) is 59.1 Å². The Bertz CT molecular complexity index is 758. The number of halogens is 1. The predicted octanol–water partition coefficient (Wildman–Crippen LogP) is 4.28. The number of fused-ring (bicyclic) bond motifs is 1. The van der Waals surface area contributed by atoms with E-state index in [0.29, 0.717) is 11.6 Å². The van der Waals surface area contributed by atoms with Crippen LogP contribution in [0, 0.1) is 0 Å². The van der Waals surface area contributed by atoms with Crippen LogP contribution in [-0.4, -0.2) is 10.1 Å². The molecule has 1 heterocycles. The minimum absolute atomic E-state index is 0.0438. The third kappa shape index (κ3) is 2.66. The molecule has 3 aromatic rings. The summed E-state index contributed by atoms with van der Waals surface area (Å²) in [5.41, 5.74) is 1.62. The van der Waals surface area contributed by atoms with Crippen LogP contribution in [0.3, 0.4) is 0 Å². The number of rotatable bonds is 3. The van der Waals surface area contributed by atoms with E-state index in [2.05, 4.69) is 20.9 Å². The van der Waals surface area contributed by atoms with E-state index in [0.717, 1.165) is 20.9 Å². The Morgan fingerprint density at radius 1 is 1.05 bits per heavy atom. The molecule has 0 spiro atoms. The molecule has 3 nitrogen and oxygen atoms in total. The van der Waals surface area contributed by atoms with Crippen molar-refractivity contribution in [3.05, 3.63) is 64.6 Å². The fraction of sp³-hybridized carbons (Fsp3) is 0.0625. The summed E-state index contributed by atoms with van der Waals surface area (Å²) < 4.78 is 6.70. The van der Waals surface area contributed by atoms with Gasteiger partial charge in [0.05, 0.1) is 12.1 Å². The standard InChI is InChI=1S/C16H12BrNO2/c17-12-4-3-5-13(9-12)20-16-8-11(10-19)14-6-1-2-7-15(14)18-16/h1-9,19H,10H2. The minimum atomic E-state index is -0.0438. The Hall–Kier alpha value is -1.91. The maximum Gasteiger partial charge on any atom is 0.220 e. The van der Waals surface area contributed by atoms with E-state index >= 15 is 0 Å². The van der Waals surface area contributed by atoms with Gasteiger partial charge < -0.3 is 9.84 Å². The van der Waals surface area contributed by atoms with Crippen molar-refractivity contribution in [2.75, 3.05) is 0 Å². The van der Waals surface area contributed by atoms with E-state index in [9.17, 15) is 5.11 Å². The average Bonchev–Trinajstić information content (AvgIpc) is 2.46. The normalized spacial score (nSPS) is 10.7. The highest BCUT2D eigenvalue weighted by Crippen LogP contribution is 2.27. The number of hydrogen-bond acceptors (Lipinski definition) is 3. The van der Waals surface area contributed by atoms with E-state index < -0.39 is 0 Å². The zero-order chi connectivity index (χ0) is 13.9. The predicted molar refractivity (Wildman–Crippen MR) is 81.9 cm³/mol. The van der Waals surface area contributed by atoms with Gasteiger partial charge in [0.2, 0.25) is 5.88 Å². The number of ether oxygens (including phenoxy) is 1. The average molecular weight is 330 g/mol. The molecule has 0 aliphatic heterocycles. The van der Waals surface area contributed by atoms with E-state index in [-0.39, 0.29) is 6.61 Å². The van der Waals surface area contributed by atoms with Gasteiger partial charge in [-0.2, -0.15) is 0 Å². The molecule has 0 aliphatic rings. The van der Waals surface area contributed by atoms with Crippen LogP contribution in [0.1, 0.15) is 5.56 Å². The van der Waals surface area contributed by atoms with Gasteiger partial charge in [0.15, 0.2) is 0 Å². The molecule has 3 rings (SSSR count). The number of para-hydroxylation sites is 1. The van der Waals surface area contributed by atoms with Gasteiger partial charge >= 0.3 is 0 Å². The van der Waals surface area contributed by atoms with Crippen LogP contribution in [0.25, 0.3) is 10.9 Å². The maximum absolute atomic E-state index is 9.48. The number of benzene rings is 2. The van der Waals surface area contributed by atoms with Crippen LogP contribution in [0.2, 0.25) is 0 Å². The zero-order valence-electron chi connectivity index (χ0n) is 10.6. The van der Waals surface area contributed by atoms with Gasteiger partial charge in [0.25, 0.3) is 0 Å². The second-order valence-corrected chi connectivity index (χ2v) is 5.27. The molecule has 0 amide bonds. The van der Waals surface area contributed by atoms with Gasteiger partial charge in [0.1, 0.15) is 5.75 Å². The lowest BCUT2D eigenvalue weighted by Crippen LogP contribution is -1.93. The van der Waals surface area contributed by atoms with Crippen LogP contribution in [-0.2, 0) is 6.61 Å². The summed E-state index contributed by atoms with van der Waals surface area (Å²) in [6, 6.07) is 17.0. The second kappa shape index (κ2) is 5.61. The topological polar surface area (TPSA) is 42.4 Å². The molecular formula is C16H12BrNO2. The smallest absolute Gasteiger partial charge is 0.220 e. The van der Waals surface area contributed by atoms with Gasteiger partial charge in [0, 0.05) is 15.9 Å². The molecule has 0 saturated carbocycles. The van der Waals surface area contributed by atoms with Crippen LogP contribution < -0.4 is 4.74 Å². The zero-order valence-corrected chi connectivity index (χ0v) is 12.2. The van der Waals surface area contributed by atoms with Crippen molar-refractivity contribution in [1.82, 2.24) is 4.98 Å². The maximum atomic E-state index is 9.48. The number of pyridine rings is 1. The fourth-order valence-corrected chi connectivity index (χ4v) is 2.43. The van der Waals surface area contributed by atoms with Gasteiger partial charge in [-0.25, -0.2) is 4.98 Å². The van der Waals surface area contributed by atoms with Crippen LogP contribution in [0.5, 0.6) is 11.6 Å². The van der Waals surface area contributed by atoms with Crippen molar-refractivity contribution in [2.45, 2.75) is 6.61 Å². The van der Waals surface area contributed by atoms with E-state index in [1.165, 1.54) is 0 Å². The first-order valence-corrected chi connectivity index (χ1v) is 6.98. The van der Waals surface area contributed by atoms with Gasteiger partial charge in [-0.05, 0) is 29.8 Å². The molecule has 0 atom stereocenters. The molecule has 0 radical (unpaired) electrons. The molecule has 0 bridgehead atoms. The summed E-state index contributed by atoms with van der Waals surface area (Å²) >= 11 is 3.40. The summed E-state index contributed by atoms with van der Waals surface area (Å²) in [6.07, 6.45) is 0. The van der Waals surface area contributed by atoms with Crippen molar-refractivity contribution in [3.8, 4) is 11.6 Å². The molecule has 0 unspecified atom stereocenters.